The molecule has 9 heteroatoms. The zero-order valence-corrected chi connectivity index (χ0v) is 15.5. The van der Waals surface area contributed by atoms with Gasteiger partial charge in [0, 0.05) is 21.9 Å². The maximum atomic E-state index is 13.8. The summed E-state index contributed by atoms with van der Waals surface area (Å²) in [6, 6.07) is 9.88. The van der Waals surface area contributed by atoms with Gasteiger partial charge in [0.05, 0.1) is 15.8 Å². The summed E-state index contributed by atoms with van der Waals surface area (Å²) in [4.78, 5) is 0. The highest BCUT2D eigenvalue weighted by Crippen LogP contribution is 2.32. The summed E-state index contributed by atoms with van der Waals surface area (Å²) in [5.41, 5.74) is 1.94. The lowest BCUT2D eigenvalue weighted by Gasteiger charge is -2.15. The molecule has 0 saturated heterocycles. The second-order valence-corrected chi connectivity index (χ2v) is 7.40. The lowest BCUT2D eigenvalue weighted by molar-refractivity contribution is 0.628. The van der Waals surface area contributed by atoms with Crippen molar-refractivity contribution in [2.75, 3.05) is 5.75 Å². The van der Waals surface area contributed by atoms with E-state index in [-0.39, 0.29) is 5.02 Å². The molecular formula is C16H8Cl3FN4S. The minimum Gasteiger partial charge on any atom is -0.205 e. The highest BCUT2D eigenvalue weighted by molar-refractivity contribution is 7.99. The second-order valence-electron chi connectivity index (χ2n) is 5.21. The highest BCUT2D eigenvalue weighted by Gasteiger charge is 2.22. The van der Waals surface area contributed by atoms with Gasteiger partial charge in [-0.25, -0.2) is 4.39 Å². The topological polar surface area (TPSA) is 43.1 Å². The van der Waals surface area contributed by atoms with Crippen molar-refractivity contribution in [3.05, 3.63) is 62.8 Å². The minimum atomic E-state index is -0.541. The summed E-state index contributed by atoms with van der Waals surface area (Å²) >= 11 is 19.4. The molecule has 0 bridgehead atoms. The Balaban J connectivity index is 1.81. The summed E-state index contributed by atoms with van der Waals surface area (Å²) < 4.78 is 15.5. The van der Waals surface area contributed by atoms with Gasteiger partial charge in [-0.3, -0.25) is 0 Å². The molecule has 1 aliphatic heterocycles. The van der Waals surface area contributed by atoms with Gasteiger partial charge in [0.1, 0.15) is 5.82 Å². The first-order chi connectivity index (χ1) is 12.0. The molecule has 1 aromatic heterocycles. The van der Waals surface area contributed by atoms with E-state index in [0.717, 1.165) is 5.56 Å². The van der Waals surface area contributed by atoms with Crippen LogP contribution in [0.25, 0.3) is 11.4 Å². The van der Waals surface area contributed by atoms with Crippen LogP contribution in [0, 0.1) is 5.82 Å². The Bertz CT molecular complexity index is 1000. The van der Waals surface area contributed by atoms with Crippen molar-refractivity contribution in [3.8, 4) is 11.4 Å². The Labute approximate surface area is 161 Å². The molecule has 0 unspecified atom stereocenters. The molecular weight excluding hydrogens is 406 g/mol. The molecule has 25 heavy (non-hydrogen) atoms. The molecule has 0 saturated carbocycles. The zero-order chi connectivity index (χ0) is 17.6. The van der Waals surface area contributed by atoms with Crippen LogP contribution in [-0.4, -0.2) is 26.3 Å². The van der Waals surface area contributed by atoms with Crippen LogP contribution in [0.4, 0.5) is 4.39 Å². The number of rotatable bonds is 2. The number of halogens is 4. The Morgan fingerprint density at radius 2 is 1.76 bits per heavy atom. The van der Waals surface area contributed by atoms with Gasteiger partial charge < -0.3 is 0 Å². The fourth-order valence-electron chi connectivity index (χ4n) is 2.38. The summed E-state index contributed by atoms with van der Waals surface area (Å²) in [5.74, 6) is 0.530. The van der Waals surface area contributed by atoms with Crippen LogP contribution in [0.15, 0.2) is 46.7 Å². The van der Waals surface area contributed by atoms with Crippen LogP contribution in [0.2, 0.25) is 15.1 Å². The average molecular weight is 414 g/mol. The molecule has 1 aliphatic rings. The van der Waals surface area contributed by atoms with Gasteiger partial charge in [-0.05, 0) is 36.4 Å². The summed E-state index contributed by atoms with van der Waals surface area (Å²) in [6.45, 7) is 0. The fraction of sp³-hybridized carbons (Fsp3) is 0.0625. The number of hydrogen-bond acceptors (Lipinski definition) is 4. The van der Waals surface area contributed by atoms with Gasteiger partial charge in [-0.1, -0.05) is 46.6 Å². The Morgan fingerprint density at radius 3 is 2.52 bits per heavy atom. The van der Waals surface area contributed by atoms with E-state index >= 15 is 0 Å². The van der Waals surface area contributed by atoms with Crippen LogP contribution in [0.1, 0.15) is 5.56 Å². The first kappa shape index (κ1) is 16.8. The number of hydrogen-bond donors (Lipinski definition) is 0. The van der Waals surface area contributed by atoms with Crippen molar-refractivity contribution in [1.29, 1.82) is 0 Å². The molecule has 0 aliphatic carbocycles. The van der Waals surface area contributed by atoms with Crippen LogP contribution in [0.3, 0.4) is 0 Å². The van der Waals surface area contributed by atoms with Gasteiger partial charge in [-0.2, -0.15) is 9.78 Å². The van der Waals surface area contributed by atoms with Crippen LogP contribution < -0.4 is 0 Å². The van der Waals surface area contributed by atoms with E-state index in [2.05, 4.69) is 15.3 Å². The third-order valence-corrected chi connectivity index (χ3v) is 5.38. The minimum absolute atomic E-state index is 0.0235. The quantitative estimate of drug-likeness (QED) is 0.528. The molecule has 0 radical (unpaired) electrons. The normalized spacial score (nSPS) is 13.5. The van der Waals surface area contributed by atoms with Crippen molar-refractivity contribution >= 4 is 52.3 Å². The molecule has 4 rings (SSSR count). The van der Waals surface area contributed by atoms with E-state index in [1.807, 2.05) is 12.1 Å². The standard InChI is InChI=1S/C16H8Cl3FN4S/c17-9-3-1-8(2-4-9)15-21-22-16-24(15)23-14(7-25-16)10-5-13(20)12(19)6-11(10)18/h1-6H,7H2. The lowest BCUT2D eigenvalue weighted by Crippen LogP contribution is -2.14. The van der Waals surface area contributed by atoms with Crippen molar-refractivity contribution in [2.45, 2.75) is 5.16 Å². The molecule has 0 fully saturated rings. The largest absolute Gasteiger partial charge is 0.212 e. The SMILES string of the molecule is Fc1cc(C2=Nn3c(nnc3-c3ccc(Cl)cc3)SC2)c(Cl)cc1Cl. The Morgan fingerprint density at radius 1 is 1.00 bits per heavy atom. The molecule has 0 amide bonds. The molecule has 0 spiro atoms. The number of nitrogens with zero attached hydrogens (tertiary/aromatic N) is 4. The second kappa shape index (κ2) is 6.61. The van der Waals surface area contributed by atoms with Gasteiger partial charge in [-0.15, -0.1) is 10.2 Å². The monoisotopic (exact) mass is 412 g/mol. The van der Waals surface area contributed by atoms with E-state index in [0.29, 0.717) is 38.1 Å². The van der Waals surface area contributed by atoms with Crippen molar-refractivity contribution in [2.24, 2.45) is 5.10 Å². The van der Waals surface area contributed by atoms with Gasteiger partial charge in [0.2, 0.25) is 5.16 Å². The van der Waals surface area contributed by atoms with Gasteiger partial charge in [0.25, 0.3) is 0 Å². The van der Waals surface area contributed by atoms with Gasteiger partial charge >= 0.3 is 0 Å². The molecule has 2 heterocycles. The van der Waals surface area contributed by atoms with E-state index in [1.165, 1.54) is 23.9 Å². The number of fused-ring (bicyclic) bond motifs is 1. The first-order valence-electron chi connectivity index (χ1n) is 7.10. The predicted molar refractivity (Wildman–Crippen MR) is 99.5 cm³/mol. The maximum absolute atomic E-state index is 13.8. The molecule has 126 valence electrons. The summed E-state index contributed by atoms with van der Waals surface area (Å²) in [6.07, 6.45) is 0. The van der Waals surface area contributed by atoms with Gasteiger partial charge in [0.15, 0.2) is 5.82 Å². The van der Waals surface area contributed by atoms with Crippen molar-refractivity contribution in [3.63, 3.8) is 0 Å². The van der Waals surface area contributed by atoms with Crippen molar-refractivity contribution < 1.29 is 4.39 Å². The Hall–Kier alpha value is -1.60. The van der Waals surface area contributed by atoms with E-state index < -0.39 is 5.82 Å². The van der Waals surface area contributed by atoms with Crippen LogP contribution in [0.5, 0.6) is 0 Å². The predicted octanol–water partition coefficient (Wildman–Crippen LogP) is 5.40. The van der Waals surface area contributed by atoms with E-state index in [9.17, 15) is 4.39 Å². The molecule has 2 aromatic carbocycles. The molecule has 0 N–H and O–H groups in total. The first-order valence-corrected chi connectivity index (χ1v) is 9.22. The number of thioether (sulfide) groups is 1. The maximum Gasteiger partial charge on any atom is 0.212 e. The number of benzene rings is 2. The number of aromatic nitrogens is 3. The third kappa shape index (κ3) is 3.15. The Kier molecular flexibility index (Phi) is 4.45. The molecule has 0 atom stereocenters. The molecule has 4 nitrogen and oxygen atoms in total. The third-order valence-electron chi connectivity index (χ3n) is 3.59. The smallest absolute Gasteiger partial charge is 0.205 e. The van der Waals surface area contributed by atoms with E-state index in [1.54, 1.807) is 16.8 Å². The van der Waals surface area contributed by atoms with Crippen LogP contribution >= 0.6 is 46.6 Å². The summed E-state index contributed by atoms with van der Waals surface area (Å²) in [7, 11) is 0. The van der Waals surface area contributed by atoms with E-state index in [4.69, 9.17) is 34.8 Å². The van der Waals surface area contributed by atoms with Crippen molar-refractivity contribution in [1.82, 2.24) is 14.9 Å². The summed E-state index contributed by atoms with van der Waals surface area (Å²) in [5, 5.41) is 14.5. The highest BCUT2D eigenvalue weighted by atomic mass is 35.5. The fourth-order valence-corrected chi connectivity index (χ4v) is 3.83. The lowest BCUT2D eigenvalue weighted by atomic mass is 10.1. The molecule has 3 aromatic rings. The average Bonchev–Trinajstić information content (AvgIpc) is 3.02. The van der Waals surface area contributed by atoms with Crippen LogP contribution in [-0.2, 0) is 0 Å². The zero-order valence-electron chi connectivity index (χ0n) is 12.4.